The quantitative estimate of drug-likeness (QED) is 0.242. The molecular weight excluding hydrogens is 204 g/mol. The second-order valence-corrected chi connectivity index (χ2v) is 1.64. The van der Waals surface area contributed by atoms with E-state index in [2.05, 4.69) is 0 Å². The minimum atomic E-state index is -5.62. The summed E-state index contributed by atoms with van der Waals surface area (Å²) in [5, 5.41) is 7.89. The molecule has 50 valence electrons. The van der Waals surface area contributed by atoms with Gasteiger partial charge in [0.15, 0.2) is 5.34 Å². The van der Waals surface area contributed by atoms with Crippen molar-refractivity contribution in [1.82, 2.24) is 0 Å². The van der Waals surface area contributed by atoms with Crippen LogP contribution in [0.4, 0.5) is 0 Å². The van der Waals surface area contributed by atoms with Crippen molar-refractivity contribution in [2.24, 2.45) is 5.34 Å². The molecule has 0 saturated carbocycles. The Morgan fingerprint density at radius 1 is 1.33 bits per heavy atom. The van der Waals surface area contributed by atoms with Crippen molar-refractivity contribution in [1.29, 1.82) is 0 Å². The Balaban J connectivity index is -0.0000000800. The van der Waals surface area contributed by atoms with Crippen LogP contribution in [0.15, 0.2) is 5.34 Å². The predicted molar refractivity (Wildman–Crippen MR) is 9.64 cm³/mol. The zero-order chi connectivity index (χ0) is 7.21. The minimum absolute atomic E-state index is 0. The third-order valence-electron chi connectivity index (χ3n) is 0. The fourth-order valence-electron chi connectivity index (χ4n) is 0. The summed E-state index contributed by atoms with van der Waals surface area (Å²) in [6.07, 6.45) is 0. The maximum absolute atomic E-state index is 8.58. The van der Waals surface area contributed by atoms with Gasteiger partial charge in [-0.1, -0.05) is 0 Å². The van der Waals surface area contributed by atoms with Gasteiger partial charge < -0.3 is 5.21 Å². The van der Waals surface area contributed by atoms with E-state index in [1.54, 1.807) is 0 Å². The van der Waals surface area contributed by atoms with Gasteiger partial charge >= 0.3 is 80.0 Å². The van der Waals surface area contributed by atoms with Crippen molar-refractivity contribution in [3.63, 3.8) is 0 Å². The third-order valence-corrected chi connectivity index (χ3v) is 0. The molecule has 9 heteroatoms. The van der Waals surface area contributed by atoms with Gasteiger partial charge in [-0.15, -0.1) is 4.91 Å². The third kappa shape index (κ3) is 508. The van der Waals surface area contributed by atoms with E-state index in [4.69, 9.17) is 25.8 Å². The molecule has 0 saturated heterocycles. The van der Waals surface area contributed by atoms with Crippen LogP contribution < -0.4 is 55.6 Å². The van der Waals surface area contributed by atoms with Crippen LogP contribution in [-0.4, -0.2) is 5.21 Å². The van der Waals surface area contributed by atoms with E-state index in [1.807, 2.05) is 0 Å². The second-order valence-electron chi connectivity index (χ2n) is 0.460. The van der Waals surface area contributed by atoms with Crippen molar-refractivity contribution >= 4 is 0 Å². The molecule has 0 heterocycles. The van der Waals surface area contributed by atoms with Gasteiger partial charge in [-0.05, 0) is 0 Å². The van der Waals surface area contributed by atoms with Gasteiger partial charge in [0, 0.05) is 0 Å². The zero-order valence-electron chi connectivity index (χ0n) is 4.31. The van der Waals surface area contributed by atoms with Gasteiger partial charge in [-0.25, -0.2) is 0 Å². The number of rotatable bonds is 0. The van der Waals surface area contributed by atoms with Gasteiger partial charge in [0.25, 0.3) is 0 Å². The van der Waals surface area contributed by atoms with Crippen molar-refractivity contribution < 1.29 is 85.3 Å². The van der Waals surface area contributed by atoms with E-state index in [0.29, 0.717) is 0 Å². The first-order valence-electron chi connectivity index (χ1n) is 1.000. The molecule has 0 aromatic heterocycles. The monoisotopic (exact) mass is 205 g/mol. The second kappa shape index (κ2) is 8.92. The van der Waals surface area contributed by atoms with Crippen LogP contribution in [0.2, 0.25) is 0 Å². The normalized spacial score (nSPS) is 7.67. The molecule has 0 aromatic rings. The molecule has 0 fully saturated rings. The van der Waals surface area contributed by atoms with Crippen LogP contribution in [0.3, 0.4) is 0 Å². The molecule has 7 nitrogen and oxygen atoms in total. The van der Waals surface area contributed by atoms with Crippen LogP contribution >= 0.6 is 0 Å². The Hall–Kier alpha value is 0.916. The Morgan fingerprint density at radius 2 is 1.33 bits per heavy atom. The molecule has 0 rings (SSSR count). The first-order valence-corrected chi connectivity index (χ1v) is 2.93. The Bertz CT molecular complexity index is 168. The van der Waals surface area contributed by atoms with Gasteiger partial charge in [0.1, 0.15) is 0 Å². The molecule has 0 atom stereocenters. The summed E-state index contributed by atoms with van der Waals surface area (Å²) >= 11 is -5.62. The summed E-state index contributed by atoms with van der Waals surface area (Å²) < 4.78 is 34.3. The molecule has 0 aromatic carbocycles. The maximum atomic E-state index is 8.58. The first-order chi connectivity index (χ1) is 3.41. The van der Waals surface area contributed by atoms with Crippen LogP contribution in [0.25, 0.3) is 0 Å². The van der Waals surface area contributed by atoms with Crippen LogP contribution in [0.1, 0.15) is 0 Å². The molecule has 1 N–H and O–H groups in total. The molecule has 0 aliphatic rings. The standard InChI is InChI=1S/K.Mn.HNO2.4O/c;;2-1-3;;;;/h;;(H,2,3);;;;/q+1;;;;;;-1. The van der Waals surface area contributed by atoms with Crippen LogP contribution in [0, 0.1) is 4.91 Å². The summed E-state index contributed by atoms with van der Waals surface area (Å²) in [4.78, 5) is 8.11. The van der Waals surface area contributed by atoms with E-state index >= 15 is 0 Å². The summed E-state index contributed by atoms with van der Waals surface area (Å²) in [6, 6.07) is 0. The summed E-state index contributed by atoms with van der Waals surface area (Å²) in [5.74, 6) is 0. The van der Waals surface area contributed by atoms with Gasteiger partial charge in [-0.2, -0.15) is 0 Å². The molecular formula is HKMnNO6. The van der Waals surface area contributed by atoms with Crippen molar-refractivity contribution in [3.8, 4) is 0 Å². The topological polar surface area (TPSA) is 124 Å². The number of hydrogen-bond donors (Lipinski definition) is 1. The van der Waals surface area contributed by atoms with Crippen molar-refractivity contribution in [2.45, 2.75) is 0 Å². The van der Waals surface area contributed by atoms with E-state index in [-0.39, 0.29) is 51.4 Å². The average Bonchev–Trinajstić information content (AvgIpc) is 1.27. The fourth-order valence-corrected chi connectivity index (χ4v) is 0. The van der Waals surface area contributed by atoms with E-state index < -0.39 is 13.0 Å². The molecule has 0 aliphatic carbocycles. The fraction of sp³-hybridized carbons (Fsp3) is 0. The Morgan fingerprint density at radius 3 is 1.33 bits per heavy atom. The molecule has 0 amide bonds. The number of nitrogens with zero attached hydrogens (tertiary/aromatic N) is 1. The number of hydrogen-bond acceptors (Lipinski definition) is 6. The Labute approximate surface area is 93.9 Å². The van der Waals surface area contributed by atoms with Crippen molar-refractivity contribution in [3.05, 3.63) is 4.91 Å². The molecule has 0 spiro atoms. The first kappa shape index (κ1) is 16.5. The van der Waals surface area contributed by atoms with Gasteiger partial charge in [0.05, 0.1) is 0 Å². The van der Waals surface area contributed by atoms with Gasteiger partial charge in [0.2, 0.25) is 0 Å². The Kier molecular flexibility index (Phi) is 16.3. The summed E-state index contributed by atoms with van der Waals surface area (Å²) in [5.41, 5.74) is 0. The van der Waals surface area contributed by atoms with Crippen LogP contribution in [-0.2, 0) is 24.5 Å². The molecule has 0 unspecified atom stereocenters. The molecule has 0 radical (unpaired) electrons. The van der Waals surface area contributed by atoms with Gasteiger partial charge in [-0.3, -0.25) is 0 Å². The SMILES string of the molecule is O=NO.[K+].[O]=[Mn](=[O])(=[O])[O-]. The molecule has 0 aliphatic heterocycles. The van der Waals surface area contributed by atoms with E-state index in [9.17, 15) is 0 Å². The summed E-state index contributed by atoms with van der Waals surface area (Å²) in [6.45, 7) is 0. The van der Waals surface area contributed by atoms with Crippen molar-refractivity contribution in [2.75, 3.05) is 0 Å². The summed E-state index contributed by atoms with van der Waals surface area (Å²) in [7, 11) is 0. The molecule has 9 heavy (non-hydrogen) atoms. The van der Waals surface area contributed by atoms with E-state index in [1.165, 1.54) is 5.34 Å². The van der Waals surface area contributed by atoms with E-state index in [0.717, 1.165) is 0 Å². The average molecular weight is 205 g/mol. The van der Waals surface area contributed by atoms with Crippen LogP contribution in [0.5, 0.6) is 0 Å². The zero-order valence-corrected chi connectivity index (χ0v) is 8.62. The predicted octanol–water partition coefficient (Wildman–Crippen LogP) is -4.40. The molecule has 0 bridgehead atoms.